The molecular weight excluding hydrogens is 440 g/mol. The Bertz CT molecular complexity index is 1360. The van der Waals surface area contributed by atoms with Crippen molar-refractivity contribution in [3.05, 3.63) is 87.0 Å². The summed E-state index contributed by atoms with van der Waals surface area (Å²) < 4.78 is 7.68. The van der Waals surface area contributed by atoms with Crippen molar-refractivity contribution >= 4 is 10.9 Å². The summed E-state index contributed by atoms with van der Waals surface area (Å²) in [6, 6.07) is 16.1. The van der Waals surface area contributed by atoms with Crippen molar-refractivity contribution in [3.63, 3.8) is 0 Å². The average molecular weight is 473 g/mol. The summed E-state index contributed by atoms with van der Waals surface area (Å²) in [6.07, 6.45) is 2.12. The van der Waals surface area contributed by atoms with Crippen molar-refractivity contribution in [2.45, 2.75) is 58.8 Å². The number of aryl methyl sites for hydroxylation is 2. The Morgan fingerprint density at radius 1 is 1.20 bits per heavy atom. The van der Waals surface area contributed by atoms with Crippen LogP contribution in [0, 0.1) is 13.8 Å². The largest absolute Gasteiger partial charge is 0.376 e. The van der Waals surface area contributed by atoms with E-state index in [1.54, 1.807) is 0 Å². The van der Waals surface area contributed by atoms with E-state index < -0.39 is 6.04 Å². The molecule has 1 aliphatic heterocycles. The Morgan fingerprint density at radius 2 is 2.03 bits per heavy atom. The Balaban J connectivity index is 1.64. The second-order valence-corrected chi connectivity index (χ2v) is 9.40. The van der Waals surface area contributed by atoms with E-state index in [-0.39, 0.29) is 11.7 Å². The van der Waals surface area contributed by atoms with Gasteiger partial charge in [-0.15, -0.1) is 5.10 Å². The Kier molecular flexibility index (Phi) is 6.74. The third kappa shape index (κ3) is 4.90. The predicted molar refractivity (Wildman–Crippen MR) is 135 cm³/mol. The topological polar surface area (TPSA) is 88.9 Å². The molecule has 2 aromatic carbocycles. The fraction of sp³-hybridized carbons (Fsp3) is 0.407. The summed E-state index contributed by atoms with van der Waals surface area (Å²) >= 11 is 0. The smallest absolute Gasteiger partial charge is 0.253 e. The molecule has 0 bridgehead atoms. The van der Waals surface area contributed by atoms with Crippen LogP contribution in [-0.4, -0.2) is 49.3 Å². The van der Waals surface area contributed by atoms with Gasteiger partial charge in [-0.2, -0.15) is 0 Å². The van der Waals surface area contributed by atoms with Gasteiger partial charge in [0, 0.05) is 29.6 Å². The third-order valence-corrected chi connectivity index (χ3v) is 6.84. The van der Waals surface area contributed by atoms with Crippen LogP contribution in [-0.2, 0) is 17.8 Å². The second-order valence-electron chi connectivity index (χ2n) is 9.40. The van der Waals surface area contributed by atoms with Gasteiger partial charge < -0.3 is 9.72 Å². The van der Waals surface area contributed by atoms with Gasteiger partial charge >= 0.3 is 0 Å². The molecule has 5 rings (SSSR count). The van der Waals surface area contributed by atoms with Gasteiger partial charge in [-0.3, -0.25) is 9.69 Å². The minimum Gasteiger partial charge on any atom is -0.376 e. The minimum atomic E-state index is -0.412. The highest BCUT2D eigenvalue weighted by atomic mass is 16.5. The molecule has 8 heteroatoms. The number of H-pyrrole nitrogens is 1. The van der Waals surface area contributed by atoms with Gasteiger partial charge in [0.25, 0.3) is 5.56 Å². The SMILES string of the molecule is CCN(Cc1ccccc1)[C@@H](c1cc2c(C)cc(C)cc2[nH]c1=O)c1nnnn1C[C@H]1CCCO1. The van der Waals surface area contributed by atoms with Crippen LogP contribution in [0.4, 0.5) is 0 Å². The normalized spacial score (nSPS) is 16.9. The van der Waals surface area contributed by atoms with E-state index in [0.717, 1.165) is 48.0 Å². The first-order valence-electron chi connectivity index (χ1n) is 12.3. The number of tetrazole rings is 1. The molecule has 182 valence electrons. The summed E-state index contributed by atoms with van der Waals surface area (Å²) in [5.74, 6) is 0.660. The first-order valence-corrected chi connectivity index (χ1v) is 12.3. The molecule has 3 heterocycles. The van der Waals surface area contributed by atoms with Crippen molar-refractivity contribution in [1.82, 2.24) is 30.1 Å². The summed E-state index contributed by atoms with van der Waals surface area (Å²) in [7, 11) is 0. The molecule has 0 radical (unpaired) electrons. The molecular formula is C27H32N6O2. The second kappa shape index (κ2) is 10.1. The van der Waals surface area contributed by atoms with Gasteiger partial charge in [-0.05, 0) is 72.5 Å². The lowest BCUT2D eigenvalue weighted by Crippen LogP contribution is -2.35. The molecule has 0 amide bonds. The fourth-order valence-electron chi connectivity index (χ4n) is 5.11. The van der Waals surface area contributed by atoms with Crippen LogP contribution in [0.2, 0.25) is 0 Å². The Hall–Kier alpha value is -3.36. The maximum atomic E-state index is 13.5. The molecule has 0 unspecified atom stereocenters. The average Bonchev–Trinajstić information content (AvgIpc) is 3.52. The molecule has 0 spiro atoms. The van der Waals surface area contributed by atoms with E-state index in [1.165, 1.54) is 5.56 Å². The lowest BCUT2D eigenvalue weighted by molar-refractivity contribution is 0.0907. The standard InChI is InChI=1S/C27H32N6O2/c1-4-32(16-20-9-6-5-7-10-20)25(26-29-30-31-33(26)17-21-11-8-12-35-21)23-15-22-19(3)13-18(2)14-24(22)28-27(23)34/h5-7,9-10,13-15,21,25H,4,8,11-12,16-17H2,1-3H3,(H,28,34)/t21-,25+/m1/s1. The monoisotopic (exact) mass is 472 g/mol. The highest BCUT2D eigenvalue weighted by Gasteiger charge is 2.31. The Morgan fingerprint density at radius 3 is 2.77 bits per heavy atom. The van der Waals surface area contributed by atoms with E-state index >= 15 is 0 Å². The first kappa shape index (κ1) is 23.4. The zero-order chi connectivity index (χ0) is 24.4. The number of rotatable bonds is 8. The number of hydrogen-bond donors (Lipinski definition) is 1. The summed E-state index contributed by atoms with van der Waals surface area (Å²) in [4.78, 5) is 18.9. The molecule has 2 atom stereocenters. The van der Waals surface area contributed by atoms with E-state index in [1.807, 2.05) is 41.9 Å². The van der Waals surface area contributed by atoms with Crippen LogP contribution < -0.4 is 5.56 Å². The van der Waals surface area contributed by atoms with Crippen LogP contribution in [0.3, 0.4) is 0 Å². The van der Waals surface area contributed by atoms with Gasteiger partial charge in [0.2, 0.25) is 0 Å². The van der Waals surface area contributed by atoms with Crippen molar-refractivity contribution < 1.29 is 4.74 Å². The molecule has 0 aliphatic carbocycles. The van der Waals surface area contributed by atoms with Crippen LogP contribution in [0.15, 0.2) is 53.3 Å². The molecule has 8 nitrogen and oxygen atoms in total. The van der Waals surface area contributed by atoms with Crippen LogP contribution >= 0.6 is 0 Å². The Labute approximate surface area is 204 Å². The molecule has 1 N–H and O–H groups in total. The fourth-order valence-corrected chi connectivity index (χ4v) is 5.11. The number of nitrogens with zero attached hydrogens (tertiary/aromatic N) is 5. The van der Waals surface area contributed by atoms with Gasteiger partial charge in [0.05, 0.1) is 12.6 Å². The van der Waals surface area contributed by atoms with Crippen molar-refractivity contribution in [1.29, 1.82) is 0 Å². The lowest BCUT2D eigenvalue weighted by Gasteiger charge is -2.30. The van der Waals surface area contributed by atoms with E-state index in [9.17, 15) is 4.79 Å². The molecule has 1 saturated heterocycles. The predicted octanol–water partition coefficient (Wildman–Crippen LogP) is 3.92. The highest BCUT2D eigenvalue weighted by molar-refractivity contribution is 5.83. The van der Waals surface area contributed by atoms with Crippen LogP contribution in [0.25, 0.3) is 10.9 Å². The van der Waals surface area contributed by atoms with Gasteiger partial charge in [0.15, 0.2) is 5.82 Å². The number of ether oxygens (including phenoxy) is 1. The maximum absolute atomic E-state index is 13.5. The van der Waals surface area contributed by atoms with E-state index in [4.69, 9.17) is 4.74 Å². The van der Waals surface area contributed by atoms with Crippen molar-refractivity contribution in [3.8, 4) is 0 Å². The van der Waals surface area contributed by atoms with Crippen molar-refractivity contribution in [2.75, 3.05) is 13.2 Å². The van der Waals surface area contributed by atoms with E-state index in [2.05, 4.69) is 57.5 Å². The van der Waals surface area contributed by atoms with E-state index in [0.29, 0.717) is 24.5 Å². The molecule has 4 aromatic rings. The zero-order valence-electron chi connectivity index (χ0n) is 20.6. The van der Waals surface area contributed by atoms with Gasteiger partial charge in [0.1, 0.15) is 6.04 Å². The number of benzene rings is 2. The maximum Gasteiger partial charge on any atom is 0.253 e. The number of aromatic amines is 1. The number of hydrogen-bond acceptors (Lipinski definition) is 6. The number of aromatic nitrogens is 5. The number of pyridine rings is 1. The summed E-state index contributed by atoms with van der Waals surface area (Å²) in [5.41, 5.74) is 4.79. The van der Waals surface area contributed by atoms with Gasteiger partial charge in [-0.1, -0.05) is 43.3 Å². The quantitative estimate of drug-likeness (QED) is 0.418. The summed E-state index contributed by atoms with van der Waals surface area (Å²) in [5, 5.41) is 13.8. The minimum absolute atomic E-state index is 0.0854. The lowest BCUT2D eigenvalue weighted by atomic mass is 9.99. The van der Waals surface area contributed by atoms with Crippen LogP contribution in [0.1, 0.15) is 53.9 Å². The molecule has 1 aliphatic rings. The third-order valence-electron chi connectivity index (χ3n) is 6.84. The first-order chi connectivity index (χ1) is 17.0. The molecule has 1 fully saturated rings. The number of nitrogens with one attached hydrogen (secondary N) is 1. The van der Waals surface area contributed by atoms with Gasteiger partial charge in [-0.25, -0.2) is 4.68 Å². The summed E-state index contributed by atoms with van der Waals surface area (Å²) in [6.45, 7) is 8.95. The van der Waals surface area contributed by atoms with Crippen LogP contribution in [0.5, 0.6) is 0 Å². The molecule has 2 aromatic heterocycles. The number of fused-ring (bicyclic) bond motifs is 1. The van der Waals surface area contributed by atoms with Crippen molar-refractivity contribution in [2.24, 2.45) is 0 Å². The molecule has 0 saturated carbocycles. The zero-order valence-corrected chi connectivity index (χ0v) is 20.6. The highest BCUT2D eigenvalue weighted by Crippen LogP contribution is 2.30. The molecule has 35 heavy (non-hydrogen) atoms.